The van der Waals surface area contributed by atoms with Crippen molar-refractivity contribution in [1.29, 1.82) is 0 Å². The van der Waals surface area contributed by atoms with Crippen LogP contribution in [-0.2, 0) is 9.53 Å². The third-order valence-corrected chi connectivity index (χ3v) is 3.86. The number of esters is 1. The molecule has 120 valence electrons. The fraction of sp³-hybridized carbons (Fsp3) is 0.353. The normalized spacial score (nSPS) is 16.7. The molecule has 1 N–H and O–H groups in total. The van der Waals surface area contributed by atoms with E-state index in [0.29, 0.717) is 18.1 Å². The van der Waals surface area contributed by atoms with E-state index < -0.39 is 0 Å². The monoisotopic (exact) mass is 312 g/mol. The molecule has 3 rings (SSSR count). The van der Waals surface area contributed by atoms with Crippen molar-refractivity contribution in [1.82, 2.24) is 14.8 Å². The van der Waals surface area contributed by atoms with Gasteiger partial charge in [-0.15, -0.1) is 0 Å². The highest BCUT2D eigenvalue weighted by Crippen LogP contribution is 2.34. The van der Waals surface area contributed by atoms with Crippen LogP contribution in [0, 0.1) is 0 Å². The number of aromatic nitrogens is 3. The maximum absolute atomic E-state index is 12.6. The molecular formula is C17H20N4O2. The number of unbranched alkanes of at least 4 members (excludes halogenated alkanes) is 1. The average molecular weight is 312 g/mol. The summed E-state index contributed by atoms with van der Waals surface area (Å²) < 4.78 is 7.16. The molecule has 6 nitrogen and oxygen atoms in total. The third-order valence-electron chi connectivity index (χ3n) is 3.86. The number of nitrogens with one attached hydrogen (secondary N) is 1. The Bertz CT molecular complexity index is 721. The standard InChI is InChI=1S/C17H20N4O2/c1-3-4-10-23-16(22)14-12(2)20-17-18-11-19-21(17)15(14)13-8-6-5-7-9-13/h5-9,11,15H,3-4,10H2,1-2H3,(H,18,19,20)/t15-/m1/s1. The molecule has 23 heavy (non-hydrogen) atoms. The zero-order valence-electron chi connectivity index (χ0n) is 13.3. The smallest absolute Gasteiger partial charge is 0.338 e. The summed E-state index contributed by atoms with van der Waals surface area (Å²) in [4.78, 5) is 16.8. The molecule has 0 spiro atoms. The summed E-state index contributed by atoms with van der Waals surface area (Å²) in [5.41, 5.74) is 2.30. The van der Waals surface area contributed by atoms with Gasteiger partial charge < -0.3 is 10.1 Å². The molecule has 0 unspecified atom stereocenters. The number of hydrogen-bond acceptors (Lipinski definition) is 5. The SMILES string of the molecule is CCCCOC(=O)C1=C(C)Nc2ncnn2[C@@H]1c1ccccc1. The quantitative estimate of drug-likeness (QED) is 0.679. The Kier molecular flexibility index (Phi) is 4.41. The molecule has 0 amide bonds. The molecule has 1 atom stereocenters. The van der Waals surface area contributed by atoms with Crippen LogP contribution in [0.1, 0.15) is 38.3 Å². The summed E-state index contributed by atoms with van der Waals surface area (Å²) in [5.74, 6) is 0.319. The number of allylic oxidation sites excluding steroid dienone is 1. The number of rotatable bonds is 5. The van der Waals surface area contributed by atoms with Crippen molar-refractivity contribution >= 4 is 11.9 Å². The first-order valence-electron chi connectivity index (χ1n) is 7.81. The summed E-state index contributed by atoms with van der Waals surface area (Å²) in [7, 11) is 0. The van der Waals surface area contributed by atoms with E-state index in [-0.39, 0.29) is 12.0 Å². The molecule has 1 aliphatic heterocycles. The van der Waals surface area contributed by atoms with Gasteiger partial charge in [-0.1, -0.05) is 43.7 Å². The van der Waals surface area contributed by atoms with Crippen molar-refractivity contribution in [2.24, 2.45) is 0 Å². The van der Waals surface area contributed by atoms with Gasteiger partial charge in [0.25, 0.3) is 0 Å². The highest BCUT2D eigenvalue weighted by molar-refractivity contribution is 5.92. The van der Waals surface area contributed by atoms with Crippen molar-refractivity contribution < 1.29 is 9.53 Å². The predicted molar refractivity (Wildman–Crippen MR) is 86.8 cm³/mol. The number of carbonyl (C=O) groups is 1. The first-order chi connectivity index (χ1) is 11.2. The van der Waals surface area contributed by atoms with Crippen LogP contribution in [0.5, 0.6) is 0 Å². The van der Waals surface area contributed by atoms with Gasteiger partial charge >= 0.3 is 5.97 Å². The lowest BCUT2D eigenvalue weighted by molar-refractivity contribution is -0.139. The van der Waals surface area contributed by atoms with Crippen LogP contribution >= 0.6 is 0 Å². The van der Waals surface area contributed by atoms with Crippen molar-refractivity contribution in [2.45, 2.75) is 32.7 Å². The van der Waals surface area contributed by atoms with Gasteiger partial charge in [0.2, 0.25) is 5.95 Å². The lowest BCUT2D eigenvalue weighted by Crippen LogP contribution is -2.29. The molecule has 6 heteroatoms. The molecule has 0 saturated carbocycles. The lowest BCUT2D eigenvalue weighted by Gasteiger charge is -2.28. The lowest BCUT2D eigenvalue weighted by atomic mass is 9.96. The zero-order chi connectivity index (χ0) is 16.2. The number of nitrogens with zero attached hydrogens (tertiary/aromatic N) is 3. The van der Waals surface area contributed by atoms with Crippen molar-refractivity contribution in [2.75, 3.05) is 11.9 Å². The summed E-state index contributed by atoms with van der Waals surface area (Å²) in [6.45, 7) is 4.36. The fourth-order valence-corrected chi connectivity index (χ4v) is 2.69. The molecule has 1 aromatic carbocycles. The first kappa shape index (κ1) is 15.3. The molecule has 0 aliphatic carbocycles. The molecule has 2 aromatic rings. The summed E-state index contributed by atoms with van der Waals surface area (Å²) in [6, 6.07) is 9.47. The van der Waals surface area contributed by atoms with E-state index in [0.717, 1.165) is 24.1 Å². The van der Waals surface area contributed by atoms with E-state index in [1.165, 1.54) is 6.33 Å². The van der Waals surface area contributed by atoms with Crippen molar-refractivity contribution in [3.05, 3.63) is 53.5 Å². The maximum Gasteiger partial charge on any atom is 0.338 e. The Morgan fingerprint density at radius 3 is 2.87 bits per heavy atom. The van der Waals surface area contributed by atoms with E-state index in [2.05, 4.69) is 22.3 Å². The molecule has 1 aliphatic rings. The second-order valence-electron chi connectivity index (χ2n) is 5.49. The second kappa shape index (κ2) is 6.64. The minimum absolute atomic E-state index is 0.307. The molecule has 1 aromatic heterocycles. The number of ether oxygens (including phenoxy) is 1. The van der Waals surface area contributed by atoms with Crippen molar-refractivity contribution in [3.8, 4) is 0 Å². The van der Waals surface area contributed by atoms with Gasteiger partial charge in [0.05, 0.1) is 12.2 Å². The Hall–Kier alpha value is -2.63. The van der Waals surface area contributed by atoms with Gasteiger partial charge in [0.15, 0.2) is 0 Å². The number of anilines is 1. The number of hydrogen-bond donors (Lipinski definition) is 1. The summed E-state index contributed by atoms with van der Waals surface area (Å²) in [5, 5.41) is 7.41. The van der Waals surface area contributed by atoms with Crippen LogP contribution in [0.3, 0.4) is 0 Å². The van der Waals surface area contributed by atoms with E-state index in [9.17, 15) is 4.79 Å². The molecular weight excluding hydrogens is 292 g/mol. The Morgan fingerprint density at radius 1 is 1.35 bits per heavy atom. The van der Waals surface area contributed by atoms with E-state index in [4.69, 9.17) is 4.74 Å². The molecule has 0 bridgehead atoms. The van der Waals surface area contributed by atoms with Crippen molar-refractivity contribution in [3.63, 3.8) is 0 Å². The van der Waals surface area contributed by atoms with Gasteiger partial charge in [-0.2, -0.15) is 10.1 Å². The highest BCUT2D eigenvalue weighted by Gasteiger charge is 2.34. The van der Waals surface area contributed by atoms with Gasteiger partial charge in [0.1, 0.15) is 12.4 Å². The predicted octanol–water partition coefficient (Wildman–Crippen LogP) is 2.91. The largest absolute Gasteiger partial charge is 0.462 e. The Labute approximate surface area is 135 Å². The molecule has 0 fully saturated rings. The summed E-state index contributed by atoms with van der Waals surface area (Å²) >= 11 is 0. The minimum Gasteiger partial charge on any atom is -0.462 e. The van der Waals surface area contributed by atoms with Crippen LogP contribution in [-0.4, -0.2) is 27.3 Å². The van der Waals surface area contributed by atoms with Crippen LogP contribution in [0.2, 0.25) is 0 Å². The molecule has 0 saturated heterocycles. The van der Waals surface area contributed by atoms with Gasteiger partial charge in [-0.05, 0) is 18.9 Å². The first-order valence-corrected chi connectivity index (χ1v) is 7.81. The number of benzene rings is 1. The zero-order valence-corrected chi connectivity index (χ0v) is 13.3. The average Bonchev–Trinajstić information content (AvgIpc) is 3.02. The van der Waals surface area contributed by atoms with Crippen LogP contribution in [0.4, 0.5) is 5.95 Å². The van der Waals surface area contributed by atoms with Gasteiger partial charge in [-0.3, -0.25) is 0 Å². The highest BCUT2D eigenvalue weighted by atomic mass is 16.5. The van der Waals surface area contributed by atoms with E-state index >= 15 is 0 Å². The van der Waals surface area contributed by atoms with Gasteiger partial charge in [0, 0.05) is 5.70 Å². The fourth-order valence-electron chi connectivity index (χ4n) is 2.69. The topological polar surface area (TPSA) is 69.0 Å². The van der Waals surface area contributed by atoms with Gasteiger partial charge in [-0.25, -0.2) is 9.48 Å². The maximum atomic E-state index is 12.6. The Morgan fingerprint density at radius 2 is 2.13 bits per heavy atom. The minimum atomic E-state index is -0.330. The third kappa shape index (κ3) is 2.97. The van der Waals surface area contributed by atoms with E-state index in [1.54, 1.807) is 4.68 Å². The molecule has 0 radical (unpaired) electrons. The number of fused-ring (bicyclic) bond motifs is 1. The molecule has 2 heterocycles. The van der Waals surface area contributed by atoms with Crippen LogP contribution < -0.4 is 5.32 Å². The number of carbonyl (C=O) groups excluding carboxylic acids is 1. The Balaban J connectivity index is 1.99. The van der Waals surface area contributed by atoms with Crippen LogP contribution in [0.25, 0.3) is 0 Å². The summed E-state index contributed by atoms with van der Waals surface area (Å²) in [6.07, 6.45) is 3.33. The second-order valence-corrected chi connectivity index (χ2v) is 5.49. The van der Waals surface area contributed by atoms with Crippen LogP contribution in [0.15, 0.2) is 47.9 Å². The van der Waals surface area contributed by atoms with E-state index in [1.807, 2.05) is 37.3 Å².